The Labute approximate surface area is 165 Å². The number of carbonyl (C=O) groups is 2. The van der Waals surface area contributed by atoms with Gasteiger partial charge in [-0.15, -0.1) is 0 Å². The SMILES string of the molecule is CC(C)C1Nc2ccc(C(NCCCCCC(=O)NO)=C3CC3)cc2NC1=O. The fraction of sp³-hybridized carbons (Fsp3) is 0.524. The van der Waals surface area contributed by atoms with Crippen LogP contribution in [0.25, 0.3) is 5.70 Å². The van der Waals surface area contributed by atoms with Gasteiger partial charge in [-0.2, -0.15) is 0 Å². The highest BCUT2D eigenvalue weighted by atomic mass is 16.5. The maximum atomic E-state index is 12.3. The fourth-order valence-corrected chi connectivity index (χ4v) is 3.44. The van der Waals surface area contributed by atoms with Gasteiger partial charge in [-0.1, -0.05) is 26.3 Å². The molecule has 1 aromatic carbocycles. The Morgan fingerprint density at radius 2 is 2.00 bits per heavy atom. The summed E-state index contributed by atoms with van der Waals surface area (Å²) < 4.78 is 0. The van der Waals surface area contributed by atoms with E-state index in [2.05, 4.69) is 22.0 Å². The first-order valence-electron chi connectivity index (χ1n) is 10.1. The van der Waals surface area contributed by atoms with Gasteiger partial charge in [0.2, 0.25) is 11.8 Å². The van der Waals surface area contributed by atoms with Crippen LogP contribution in [0, 0.1) is 5.92 Å². The molecule has 1 unspecified atom stereocenters. The van der Waals surface area contributed by atoms with Crippen LogP contribution in [0.5, 0.6) is 0 Å². The van der Waals surface area contributed by atoms with Gasteiger partial charge >= 0.3 is 0 Å². The summed E-state index contributed by atoms with van der Waals surface area (Å²) in [5, 5.41) is 18.4. The molecule has 1 fully saturated rings. The van der Waals surface area contributed by atoms with Gasteiger partial charge in [0.1, 0.15) is 6.04 Å². The number of hydrogen-bond acceptors (Lipinski definition) is 5. The lowest BCUT2D eigenvalue weighted by Crippen LogP contribution is -2.42. The molecular formula is C21H30N4O3. The van der Waals surface area contributed by atoms with E-state index in [1.807, 2.05) is 26.0 Å². The third kappa shape index (κ3) is 5.04. The van der Waals surface area contributed by atoms with Crippen molar-refractivity contribution >= 4 is 28.9 Å². The highest BCUT2D eigenvalue weighted by molar-refractivity contribution is 6.03. The maximum absolute atomic E-state index is 12.3. The number of unbranched alkanes of at least 4 members (excludes halogenated alkanes) is 2. The van der Waals surface area contributed by atoms with Crippen molar-refractivity contribution in [3.8, 4) is 0 Å². The number of fused-ring (bicyclic) bond motifs is 1. The third-order valence-corrected chi connectivity index (χ3v) is 5.19. The molecule has 2 aliphatic rings. The third-order valence-electron chi connectivity index (χ3n) is 5.19. The summed E-state index contributed by atoms with van der Waals surface area (Å²) >= 11 is 0. The molecule has 1 aliphatic heterocycles. The van der Waals surface area contributed by atoms with E-state index in [0.29, 0.717) is 6.42 Å². The normalized spacial score (nSPS) is 17.5. The summed E-state index contributed by atoms with van der Waals surface area (Å²) in [6.07, 6.45) is 5.19. The molecule has 1 aliphatic carbocycles. The van der Waals surface area contributed by atoms with E-state index in [-0.39, 0.29) is 23.8 Å². The van der Waals surface area contributed by atoms with Gasteiger partial charge in [-0.05, 0) is 54.9 Å². The Bertz CT molecular complexity index is 767. The summed E-state index contributed by atoms with van der Waals surface area (Å²) in [7, 11) is 0. The standard InChI is InChI=1S/C21H30N4O3/c1-13(2)19-21(27)24-17-12-15(9-10-16(17)23-19)20(14-7-8-14)22-11-5-3-4-6-18(26)25-28/h9-10,12-13,19,22-23,28H,3-8,11H2,1-2H3,(H,24,27)(H,25,26). The van der Waals surface area contributed by atoms with Gasteiger partial charge in [0, 0.05) is 18.7 Å². The van der Waals surface area contributed by atoms with Crippen LogP contribution < -0.4 is 21.4 Å². The van der Waals surface area contributed by atoms with Gasteiger partial charge in [0.05, 0.1) is 11.4 Å². The molecule has 1 saturated carbocycles. The van der Waals surface area contributed by atoms with Crippen LogP contribution in [0.1, 0.15) is 57.9 Å². The zero-order valence-electron chi connectivity index (χ0n) is 16.6. The summed E-state index contributed by atoms with van der Waals surface area (Å²) in [6, 6.07) is 5.97. The van der Waals surface area contributed by atoms with Crippen LogP contribution >= 0.6 is 0 Å². The second-order valence-electron chi connectivity index (χ2n) is 7.87. The average molecular weight is 386 g/mol. The van der Waals surface area contributed by atoms with Crippen LogP contribution in [0.4, 0.5) is 11.4 Å². The van der Waals surface area contributed by atoms with Crippen molar-refractivity contribution in [2.45, 2.75) is 58.4 Å². The zero-order chi connectivity index (χ0) is 20.1. The predicted octanol–water partition coefficient (Wildman–Crippen LogP) is 3.24. The molecule has 0 bridgehead atoms. The molecule has 1 aromatic rings. The van der Waals surface area contributed by atoms with Gasteiger partial charge in [0.25, 0.3) is 0 Å². The molecule has 2 amide bonds. The molecule has 28 heavy (non-hydrogen) atoms. The number of allylic oxidation sites excluding steroid dienone is 1. The Kier molecular flexibility index (Phi) is 6.57. The lowest BCUT2D eigenvalue weighted by molar-refractivity contribution is -0.129. The topological polar surface area (TPSA) is 102 Å². The number of carbonyl (C=O) groups excluding carboxylic acids is 2. The molecule has 7 nitrogen and oxygen atoms in total. The molecule has 1 heterocycles. The monoisotopic (exact) mass is 386 g/mol. The Hall–Kier alpha value is -2.54. The van der Waals surface area contributed by atoms with Crippen molar-refractivity contribution in [3.63, 3.8) is 0 Å². The fourth-order valence-electron chi connectivity index (χ4n) is 3.44. The second-order valence-corrected chi connectivity index (χ2v) is 7.87. The van der Waals surface area contributed by atoms with E-state index in [0.717, 1.165) is 61.3 Å². The first-order valence-corrected chi connectivity index (χ1v) is 10.1. The molecule has 0 spiro atoms. The van der Waals surface area contributed by atoms with E-state index < -0.39 is 0 Å². The van der Waals surface area contributed by atoms with Crippen molar-refractivity contribution < 1.29 is 14.8 Å². The average Bonchev–Trinajstić information content (AvgIpc) is 3.51. The largest absolute Gasteiger partial charge is 0.385 e. The van der Waals surface area contributed by atoms with Gasteiger partial charge in [-0.3, -0.25) is 14.8 Å². The van der Waals surface area contributed by atoms with E-state index in [1.165, 1.54) is 5.57 Å². The van der Waals surface area contributed by atoms with Crippen LogP contribution in [0.3, 0.4) is 0 Å². The Morgan fingerprint density at radius 3 is 2.68 bits per heavy atom. The molecular weight excluding hydrogens is 356 g/mol. The van der Waals surface area contributed by atoms with E-state index in [9.17, 15) is 9.59 Å². The highest BCUT2D eigenvalue weighted by Crippen LogP contribution is 2.37. The lowest BCUT2D eigenvalue weighted by atomic mass is 9.99. The molecule has 0 saturated heterocycles. The number of amides is 2. The molecule has 3 rings (SSSR count). The van der Waals surface area contributed by atoms with Crippen LogP contribution in [0.15, 0.2) is 23.8 Å². The molecule has 152 valence electrons. The predicted molar refractivity (Wildman–Crippen MR) is 110 cm³/mol. The first-order chi connectivity index (χ1) is 13.5. The van der Waals surface area contributed by atoms with Crippen molar-refractivity contribution in [1.29, 1.82) is 0 Å². The van der Waals surface area contributed by atoms with Crippen molar-refractivity contribution in [2.24, 2.45) is 5.92 Å². The van der Waals surface area contributed by atoms with E-state index in [4.69, 9.17) is 5.21 Å². The van der Waals surface area contributed by atoms with Crippen LogP contribution in [0.2, 0.25) is 0 Å². The zero-order valence-corrected chi connectivity index (χ0v) is 16.6. The van der Waals surface area contributed by atoms with Crippen molar-refractivity contribution in [1.82, 2.24) is 10.8 Å². The maximum Gasteiger partial charge on any atom is 0.247 e. The van der Waals surface area contributed by atoms with Gasteiger partial charge in [0.15, 0.2) is 0 Å². The Balaban J connectivity index is 1.59. The van der Waals surface area contributed by atoms with Gasteiger partial charge in [-0.25, -0.2) is 5.48 Å². The number of benzene rings is 1. The number of rotatable bonds is 9. The number of nitrogens with one attached hydrogen (secondary N) is 4. The molecule has 0 aromatic heterocycles. The summed E-state index contributed by atoms with van der Waals surface area (Å²) in [6.45, 7) is 4.90. The molecule has 1 atom stereocenters. The minimum Gasteiger partial charge on any atom is -0.385 e. The summed E-state index contributed by atoms with van der Waals surface area (Å²) in [5.74, 6) is -0.0968. The summed E-state index contributed by atoms with van der Waals surface area (Å²) in [4.78, 5) is 23.3. The van der Waals surface area contributed by atoms with Crippen LogP contribution in [-0.4, -0.2) is 29.6 Å². The number of hydroxylamine groups is 1. The summed E-state index contributed by atoms with van der Waals surface area (Å²) in [5.41, 5.74) is 7.12. The Morgan fingerprint density at radius 1 is 1.21 bits per heavy atom. The molecule has 7 heteroatoms. The minimum atomic E-state index is -0.335. The van der Waals surface area contributed by atoms with Crippen molar-refractivity contribution in [2.75, 3.05) is 17.2 Å². The molecule has 0 radical (unpaired) electrons. The lowest BCUT2D eigenvalue weighted by Gasteiger charge is -2.29. The second kappa shape index (κ2) is 9.10. The van der Waals surface area contributed by atoms with Crippen molar-refractivity contribution in [3.05, 3.63) is 29.3 Å². The first kappa shape index (κ1) is 20.2. The van der Waals surface area contributed by atoms with Gasteiger partial charge < -0.3 is 16.0 Å². The quantitative estimate of drug-likeness (QED) is 0.255. The minimum absolute atomic E-state index is 0.0140. The molecule has 5 N–H and O–H groups in total. The van der Waals surface area contributed by atoms with Crippen LogP contribution in [-0.2, 0) is 9.59 Å². The number of hydrogen-bond donors (Lipinski definition) is 5. The number of anilines is 2. The van der Waals surface area contributed by atoms with E-state index >= 15 is 0 Å². The van der Waals surface area contributed by atoms with E-state index in [1.54, 1.807) is 5.48 Å². The smallest absolute Gasteiger partial charge is 0.247 e. The highest BCUT2D eigenvalue weighted by Gasteiger charge is 2.28.